The van der Waals surface area contributed by atoms with Crippen molar-refractivity contribution >= 4 is 37.5 Å². The van der Waals surface area contributed by atoms with Crippen LogP contribution in [0.3, 0.4) is 0 Å². The van der Waals surface area contributed by atoms with Crippen LogP contribution in [0.1, 0.15) is 24.1 Å². The highest BCUT2D eigenvalue weighted by Gasteiger charge is 2.46. The zero-order valence-electron chi connectivity index (χ0n) is 16.5. The maximum absolute atomic E-state index is 12.5. The van der Waals surface area contributed by atoms with E-state index in [2.05, 4.69) is 15.2 Å². The number of anilines is 2. The van der Waals surface area contributed by atoms with Gasteiger partial charge >= 0.3 is 0 Å². The number of carbonyl (C=O) groups excluding carboxylic acids is 1. The monoisotopic (exact) mass is 454 g/mol. The Kier molecular flexibility index (Phi) is 5.11. The van der Waals surface area contributed by atoms with Gasteiger partial charge in [-0.25, -0.2) is 21.6 Å². The summed E-state index contributed by atoms with van der Waals surface area (Å²) < 4.78 is 57.9. The Morgan fingerprint density at radius 1 is 1.10 bits per heavy atom. The minimum Gasteiger partial charge on any atom is -0.337 e. The van der Waals surface area contributed by atoms with Gasteiger partial charge in [0.15, 0.2) is 0 Å². The van der Waals surface area contributed by atoms with Gasteiger partial charge in [-0.2, -0.15) is 4.31 Å². The largest absolute Gasteiger partial charge is 0.337 e. The molecular formula is C18H22N4O6S2. The number of hydrogen-bond donors (Lipinski definition) is 2. The summed E-state index contributed by atoms with van der Waals surface area (Å²) in [4.78, 5) is 12.3. The molecule has 12 heteroatoms. The smallest absolute Gasteiger partial charge is 0.264 e. The summed E-state index contributed by atoms with van der Waals surface area (Å²) in [7, 11) is -7.12. The zero-order chi connectivity index (χ0) is 21.7. The minimum atomic E-state index is -3.87. The lowest BCUT2D eigenvalue weighted by Gasteiger charge is -2.37. The average Bonchev–Trinajstić information content (AvgIpc) is 3.45. The number of amides is 1. The molecule has 0 radical (unpaired) electrons. The Hall–Kier alpha value is -2.44. The fourth-order valence-corrected chi connectivity index (χ4v) is 6.02. The molecule has 0 unspecified atom stereocenters. The second-order valence-electron chi connectivity index (χ2n) is 7.60. The average molecular weight is 455 g/mol. The van der Waals surface area contributed by atoms with Crippen molar-refractivity contribution in [2.75, 3.05) is 23.1 Å². The summed E-state index contributed by atoms with van der Waals surface area (Å²) in [6.07, 6.45) is 1.38. The zero-order valence-corrected chi connectivity index (χ0v) is 18.1. The highest BCUT2D eigenvalue weighted by atomic mass is 32.2. The summed E-state index contributed by atoms with van der Waals surface area (Å²) in [6.45, 7) is 3.75. The van der Waals surface area contributed by atoms with Gasteiger partial charge in [0, 0.05) is 24.3 Å². The Labute approximate surface area is 174 Å². The molecule has 1 aromatic carbocycles. The van der Waals surface area contributed by atoms with Crippen molar-refractivity contribution in [1.82, 2.24) is 9.46 Å². The van der Waals surface area contributed by atoms with Crippen molar-refractivity contribution < 1.29 is 26.2 Å². The Bertz CT molecular complexity index is 1180. The molecule has 1 aromatic heterocycles. The molecule has 162 valence electrons. The molecule has 30 heavy (non-hydrogen) atoms. The third kappa shape index (κ3) is 3.94. The van der Waals surface area contributed by atoms with E-state index in [-0.39, 0.29) is 35.0 Å². The molecule has 1 saturated heterocycles. The van der Waals surface area contributed by atoms with E-state index < -0.39 is 26.0 Å². The highest BCUT2D eigenvalue weighted by molar-refractivity contribution is 7.92. The number of nitrogens with zero attached hydrogens (tertiary/aromatic N) is 2. The van der Waals surface area contributed by atoms with Crippen LogP contribution in [-0.2, 0) is 24.8 Å². The highest BCUT2D eigenvalue weighted by Crippen LogP contribution is 2.34. The van der Waals surface area contributed by atoms with Gasteiger partial charge in [0.2, 0.25) is 21.8 Å². The number of benzene rings is 1. The van der Waals surface area contributed by atoms with E-state index >= 15 is 0 Å². The Morgan fingerprint density at radius 2 is 1.73 bits per heavy atom. The van der Waals surface area contributed by atoms with Crippen LogP contribution < -0.4 is 10.0 Å². The third-order valence-corrected chi connectivity index (χ3v) is 9.02. The van der Waals surface area contributed by atoms with Crippen LogP contribution in [0.2, 0.25) is 0 Å². The van der Waals surface area contributed by atoms with Crippen molar-refractivity contribution in [1.29, 1.82) is 0 Å². The number of aromatic nitrogens is 1. The summed E-state index contributed by atoms with van der Waals surface area (Å²) in [5.41, 5.74) is 1.61. The molecule has 4 rings (SSSR count). The number of hydrogen-bond acceptors (Lipinski definition) is 7. The van der Waals surface area contributed by atoms with Crippen molar-refractivity contribution in [3.63, 3.8) is 0 Å². The lowest BCUT2D eigenvalue weighted by molar-refractivity contribution is -0.122. The molecule has 10 nitrogen and oxygen atoms in total. The molecule has 2 heterocycles. The van der Waals surface area contributed by atoms with Crippen molar-refractivity contribution in [2.45, 2.75) is 36.8 Å². The molecule has 1 saturated carbocycles. The molecule has 0 spiro atoms. The number of rotatable bonds is 7. The molecule has 2 fully saturated rings. The number of nitrogens with one attached hydrogen (secondary N) is 2. The lowest BCUT2D eigenvalue weighted by Crippen LogP contribution is -2.55. The van der Waals surface area contributed by atoms with Gasteiger partial charge in [0.05, 0.1) is 21.8 Å². The van der Waals surface area contributed by atoms with Gasteiger partial charge in [0.25, 0.3) is 10.0 Å². The van der Waals surface area contributed by atoms with Crippen LogP contribution in [0.25, 0.3) is 0 Å². The van der Waals surface area contributed by atoms with Crippen LogP contribution in [-0.4, -0.2) is 50.5 Å². The summed E-state index contributed by atoms with van der Waals surface area (Å²) >= 11 is 0. The first-order valence-electron chi connectivity index (χ1n) is 9.43. The summed E-state index contributed by atoms with van der Waals surface area (Å²) in [5, 5.41) is 6.13. The Morgan fingerprint density at radius 3 is 2.27 bits per heavy atom. The third-order valence-electron chi connectivity index (χ3n) is 5.34. The maximum atomic E-state index is 12.5. The SMILES string of the molecule is Cc1noc(NS(=O)(=O)c2ccc(NC(=O)C3CN(S(=O)(=O)C4CC4)C3)cc2)c1C. The van der Waals surface area contributed by atoms with E-state index in [0.717, 1.165) is 0 Å². The van der Waals surface area contributed by atoms with Crippen LogP contribution in [0.4, 0.5) is 11.6 Å². The van der Waals surface area contributed by atoms with Gasteiger partial charge in [-0.15, -0.1) is 0 Å². The van der Waals surface area contributed by atoms with Crippen LogP contribution in [0.15, 0.2) is 33.7 Å². The molecule has 0 bridgehead atoms. The molecule has 0 atom stereocenters. The topological polar surface area (TPSA) is 139 Å². The lowest BCUT2D eigenvalue weighted by atomic mass is 10.0. The maximum Gasteiger partial charge on any atom is 0.264 e. The van der Waals surface area contributed by atoms with Gasteiger partial charge < -0.3 is 9.84 Å². The van der Waals surface area contributed by atoms with Gasteiger partial charge in [-0.3, -0.25) is 4.79 Å². The van der Waals surface area contributed by atoms with E-state index in [4.69, 9.17) is 4.52 Å². The first-order valence-corrected chi connectivity index (χ1v) is 12.4. The number of sulfonamides is 2. The fourth-order valence-electron chi connectivity index (χ4n) is 3.04. The molecule has 2 N–H and O–H groups in total. The van der Waals surface area contributed by atoms with E-state index in [9.17, 15) is 21.6 Å². The predicted octanol–water partition coefficient (Wildman–Crippen LogP) is 1.45. The van der Waals surface area contributed by atoms with Gasteiger partial charge in [0.1, 0.15) is 0 Å². The van der Waals surface area contributed by atoms with Crippen LogP contribution in [0, 0.1) is 19.8 Å². The molecule has 2 aromatic rings. The van der Waals surface area contributed by atoms with E-state index in [0.29, 0.717) is 29.8 Å². The van der Waals surface area contributed by atoms with Gasteiger partial charge in [-0.05, 0) is 51.0 Å². The minimum absolute atomic E-state index is 0.000650. The molecule has 1 amide bonds. The quantitative estimate of drug-likeness (QED) is 0.646. The second kappa shape index (κ2) is 7.36. The summed E-state index contributed by atoms with van der Waals surface area (Å²) in [6, 6.07) is 5.67. The van der Waals surface area contributed by atoms with Crippen molar-refractivity contribution in [2.24, 2.45) is 5.92 Å². The van der Waals surface area contributed by atoms with Crippen LogP contribution >= 0.6 is 0 Å². The normalized spacial score (nSPS) is 18.1. The predicted molar refractivity (Wildman–Crippen MR) is 109 cm³/mol. The summed E-state index contributed by atoms with van der Waals surface area (Å²) in [5.74, 6) is -0.652. The fraction of sp³-hybridized carbons (Fsp3) is 0.444. The standard InChI is InChI=1S/C18H22N4O6S2/c1-11-12(2)20-28-18(11)21-29(24,25)15-5-3-14(4-6-15)19-17(23)13-9-22(10-13)30(26,27)16-7-8-16/h3-6,13,16,21H,7-10H2,1-2H3,(H,19,23). The molecule has 1 aliphatic carbocycles. The Balaban J connectivity index is 1.35. The second-order valence-corrected chi connectivity index (χ2v) is 11.5. The van der Waals surface area contributed by atoms with E-state index in [1.807, 2.05) is 0 Å². The first kappa shape index (κ1) is 20.8. The molecular weight excluding hydrogens is 432 g/mol. The van der Waals surface area contributed by atoms with E-state index in [1.165, 1.54) is 28.6 Å². The number of carbonyl (C=O) groups is 1. The first-order chi connectivity index (χ1) is 14.1. The molecule has 2 aliphatic rings. The van der Waals surface area contributed by atoms with Gasteiger partial charge in [-0.1, -0.05) is 5.16 Å². The van der Waals surface area contributed by atoms with E-state index in [1.54, 1.807) is 13.8 Å². The van der Waals surface area contributed by atoms with Crippen LogP contribution in [0.5, 0.6) is 0 Å². The van der Waals surface area contributed by atoms with Crippen molar-refractivity contribution in [3.8, 4) is 0 Å². The van der Waals surface area contributed by atoms with Crippen molar-refractivity contribution in [3.05, 3.63) is 35.5 Å². The molecule has 1 aliphatic heterocycles. The number of aryl methyl sites for hydroxylation is 1.